The largest absolute Gasteiger partial charge is 0.505 e. The highest BCUT2D eigenvalue weighted by Gasteiger charge is 2.19. The van der Waals surface area contributed by atoms with E-state index in [9.17, 15) is 13.9 Å². The van der Waals surface area contributed by atoms with Crippen LogP contribution in [0.5, 0.6) is 5.75 Å². The van der Waals surface area contributed by atoms with Gasteiger partial charge in [-0.2, -0.15) is 4.39 Å². The van der Waals surface area contributed by atoms with Crippen molar-refractivity contribution in [3.8, 4) is 5.75 Å². The van der Waals surface area contributed by atoms with Gasteiger partial charge in [0.2, 0.25) is 5.82 Å². The van der Waals surface area contributed by atoms with Gasteiger partial charge in [-0.3, -0.25) is 0 Å². The molecule has 0 aliphatic heterocycles. The van der Waals surface area contributed by atoms with Gasteiger partial charge in [-0.15, -0.1) is 11.3 Å². The normalized spacial score (nSPS) is 12.7. The van der Waals surface area contributed by atoms with E-state index in [1.165, 1.54) is 17.4 Å². The maximum atomic E-state index is 13.1. The summed E-state index contributed by atoms with van der Waals surface area (Å²) in [5.74, 6) is -3.06. The molecular weight excluding hydrogens is 232 g/mol. The minimum Gasteiger partial charge on any atom is -0.505 e. The molecule has 0 saturated carbocycles. The fourth-order valence-electron chi connectivity index (χ4n) is 1.43. The quantitative estimate of drug-likeness (QED) is 0.849. The van der Waals surface area contributed by atoms with Crippen molar-refractivity contribution < 1.29 is 13.9 Å². The first kappa shape index (κ1) is 11.0. The number of thiophene rings is 1. The molecule has 0 aliphatic rings. The van der Waals surface area contributed by atoms with Crippen molar-refractivity contribution >= 4 is 11.3 Å². The predicted octanol–water partition coefficient (Wildman–Crippen LogP) is 2.78. The highest BCUT2D eigenvalue weighted by atomic mass is 32.1. The van der Waals surface area contributed by atoms with Crippen molar-refractivity contribution in [2.75, 3.05) is 0 Å². The van der Waals surface area contributed by atoms with Gasteiger partial charge in [0.15, 0.2) is 11.6 Å². The molecule has 2 aromatic rings. The van der Waals surface area contributed by atoms with Crippen molar-refractivity contribution in [3.63, 3.8) is 0 Å². The van der Waals surface area contributed by atoms with Crippen molar-refractivity contribution in [1.29, 1.82) is 0 Å². The number of hydrogen-bond donors (Lipinski definition) is 2. The Balaban J connectivity index is 2.45. The maximum absolute atomic E-state index is 13.1. The van der Waals surface area contributed by atoms with Crippen LogP contribution in [0.15, 0.2) is 29.6 Å². The zero-order valence-electron chi connectivity index (χ0n) is 8.15. The summed E-state index contributed by atoms with van der Waals surface area (Å²) in [6.45, 7) is 0. The molecule has 0 spiro atoms. The molecule has 1 aromatic carbocycles. The number of phenols is 1. The van der Waals surface area contributed by atoms with E-state index < -0.39 is 23.4 Å². The summed E-state index contributed by atoms with van der Waals surface area (Å²) < 4.78 is 25.9. The van der Waals surface area contributed by atoms with Crippen LogP contribution in [-0.2, 0) is 0 Å². The van der Waals surface area contributed by atoms with Crippen molar-refractivity contribution in [3.05, 3.63) is 51.7 Å². The van der Waals surface area contributed by atoms with Crippen LogP contribution in [0.3, 0.4) is 0 Å². The maximum Gasteiger partial charge on any atom is 0.200 e. The standard InChI is InChI=1S/C11H9F2NOS/c12-7-4-3-6(11(15)9(7)13)10(14)8-2-1-5-16-8/h1-5,10,15H,14H2/t10-/m1/s1. The Morgan fingerprint density at radius 3 is 2.62 bits per heavy atom. The zero-order chi connectivity index (χ0) is 11.7. The highest BCUT2D eigenvalue weighted by molar-refractivity contribution is 7.10. The van der Waals surface area contributed by atoms with E-state index >= 15 is 0 Å². The first-order valence-electron chi connectivity index (χ1n) is 4.57. The minimum absolute atomic E-state index is 0.182. The molecule has 3 N–H and O–H groups in total. The smallest absolute Gasteiger partial charge is 0.200 e. The molecule has 2 nitrogen and oxygen atoms in total. The summed E-state index contributed by atoms with van der Waals surface area (Å²) >= 11 is 1.39. The van der Waals surface area contributed by atoms with Gasteiger partial charge in [-0.25, -0.2) is 4.39 Å². The van der Waals surface area contributed by atoms with Gasteiger partial charge >= 0.3 is 0 Å². The lowest BCUT2D eigenvalue weighted by Gasteiger charge is -2.12. The van der Waals surface area contributed by atoms with Crippen LogP contribution in [0.25, 0.3) is 0 Å². The molecule has 1 aromatic heterocycles. The fourth-order valence-corrected chi connectivity index (χ4v) is 2.17. The summed E-state index contributed by atoms with van der Waals surface area (Å²) in [5.41, 5.74) is 6.02. The number of rotatable bonds is 2. The molecule has 0 bridgehead atoms. The van der Waals surface area contributed by atoms with E-state index in [1.54, 1.807) is 12.1 Å². The van der Waals surface area contributed by atoms with Crippen LogP contribution < -0.4 is 5.73 Å². The van der Waals surface area contributed by atoms with E-state index in [0.717, 1.165) is 10.9 Å². The van der Waals surface area contributed by atoms with Crippen molar-refractivity contribution in [1.82, 2.24) is 0 Å². The molecule has 1 atom stereocenters. The van der Waals surface area contributed by atoms with Crippen LogP contribution in [0.1, 0.15) is 16.5 Å². The second kappa shape index (κ2) is 4.19. The van der Waals surface area contributed by atoms with E-state index in [2.05, 4.69) is 0 Å². The number of benzene rings is 1. The average molecular weight is 241 g/mol. The monoisotopic (exact) mass is 241 g/mol. The Morgan fingerprint density at radius 1 is 1.25 bits per heavy atom. The van der Waals surface area contributed by atoms with Crippen LogP contribution in [0.4, 0.5) is 8.78 Å². The number of halogens is 2. The first-order valence-corrected chi connectivity index (χ1v) is 5.45. The lowest BCUT2D eigenvalue weighted by atomic mass is 10.0. The third kappa shape index (κ3) is 1.79. The van der Waals surface area contributed by atoms with Gasteiger partial charge in [0.1, 0.15) is 0 Å². The predicted molar refractivity (Wildman–Crippen MR) is 58.4 cm³/mol. The molecular formula is C11H9F2NOS. The molecule has 16 heavy (non-hydrogen) atoms. The van der Waals surface area contributed by atoms with Gasteiger partial charge in [0.25, 0.3) is 0 Å². The second-order valence-electron chi connectivity index (χ2n) is 3.29. The van der Waals surface area contributed by atoms with E-state index in [-0.39, 0.29) is 5.56 Å². The molecule has 2 rings (SSSR count). The summed E-state index contributed by atoms with van der Waals surface area (Å²) in [6.07, 6.45) is 0. The van der Waals surface area contributed by atoms with Crippen LogP contribution in [-0.4, -0.2) is 5.11 Å². The Hall–Kier alpha value is -1.46. The molecule has 0 fully saturated rings. The fraction of sp³-hybridized carbons (Fsp3) is 0.0909. The Labute approximate surface area is 95.0 Å². The Kier molecular flexibility index (Phi) is 2.89. The Bertz CT molecular complexity index is 499. The summed E-state index contributed by atoms with van der Waals surface area (Å²) in [7, 11) is 0. The SMILES string of the molecule is N[C@@H](c1cccs1)c1ccc(F)c(F)c1O. The van der Waals surface area contributed by atoms with Gasteiger partial charge < -0.3 is 10.8 Å². The average Bonchev–Trinajstić information content (AvgIpc) is 2.79. The first-order chi connectivity index (χ1) is 7.61. The summed E-state index contributed by atoms with van der Waals surface area (Å²) in [4.78, 5) is 0.779. The van der Waals surface area contributed by atoms with Gasteiger partial charge in [-0.1, -0.05) is 12.1 Å². The van der Waals surface area contributed by atoms with Gasteiger partial charge in [0.05, 0.1) is 6.04 Å². The lowest BCUT2D eigenvalue weighted by Crippen LogP contribution is -2.11. The van der Waals surface area contributed by atoms with Crippen LogP contribution >= 0.6 is 11.3 Å². The summed E-state index contributed by atoms with van der Waals surface area (Å²) in [6, 6.07) is 5.18. The zero-order valence-corrected chi connectivity index (χ0v) is 8.97. The minimum atomic E-state index is -1.26. The molecule has 0 radical (unpaired) electrons. The summed E-state index contributed by atoms with van der Waals surface area (Å²) in [5, 5.41) is 11.3. The van der Waals surface area contributed by atoms with Crippen molar-refractivity contribution in [2.45, 2.75) is 6.04 Å². The topological polar surface area (TPSA) is 46.2 Å². The lowest BCUT2D eigenvalue weighted by molar-refractivity contribution is 0.399. The third-order valence-corrected chi connectivity index (χ3v) is 3.24. The molecule has 0 amide bonds. The van der Waals surface area contributed by atoms with E-state index in [4.69, 9.17) is 5.73 Å². The number of phenolic OH excluding ortho intramolecular Hbond substituents is 1. The number of nitrogens with two attached hydrogens (primary N) is 1. The van der Waals surface area contributed by atoms with Gasteiger partial charge in [0, 0.05) is 10.4 Å². The number of hydrogen-bond acceptors (Lipinski definition) is 3. The van der Waals surface area contributed by atoms with E-state index in [1.807, 2.05) is 5.38 Å². The van der Waals surface area contributed by atoms with Gasteiger partial charge in [-0.05, 0) is 17.5 Å². The van der Waals surface area contributed by atoms with Crippen LogP contribution in [0.2, 0.25) is 0 Å². The highest BCUT2D eigenvalue weighted by Crippen LogP contribution is 2.32. The van der Waals surface area contributed by atoms with E-state index in [0.29, 0.717) is 0 Å². The van der Waals surface area contributed by atoms with Crippen molar-refractivity contribution in [2.24, 2.45) is 5.73 Å². The second-order valence-corrected chi connectivity index (χ2v) is 4.27. The molecule has 1 heterocycles. The third-order valence-electron chi connectivity index (χ3n) is 2.29. The Morgan fingerprint density at radius 2 is 2.00 bits per heavy atom. The molecule has 84 valence electrons. The number of aromatic hydroxyl groups is 1. The molecule has 0 aliphatic carbocycles. The molecule has 5 heteroatoms. The molecule has 0 unspecified atom stereocenters. The molecule has 0 saturated heterocycles. The van der Waals surface area contributed by atoms with Crippen LogP contribution in [0, 0.1) is 11.6 Å².